The summed E-state index contributed by atoms with van der Waals surface area (Å²) in [6.45, 7) is -0.483. The standard InChI is InChI=1S/C11H14N3O7P/c15-6-8-7(21-22(17,18)19)5-10(20-8)14-3-1-9-12-2-4-13(9)11(14)16/h1-4,7-8,10,15H,5-6H2,(H2,17,18,19)/t7-,8+,10+/m0/s1. The van der Waals surface area contributed by atoms with Crippen molar-refractivity contribution in [2.75, 3.05) is 6.61 Å². The first kappa shape index (κ1) is 15.3. The fourth-order valence-electron chi connectivity index (χ4n) is 2.48. The van der Waals surface area contributed by atoms with E-state index in [-0.39, 0.29) is 6.42 Å². The number of fused-ring (bicyclic) bond motifs is 1. The zero-order valence-corrected chi connectivity index (χ0v) is 12.1. The van der Waals surface area contributed by atoms with Gasteiger partial charge in [0.15, 0.2) is 0 Å². The number of aliphatic hydroxyl groups excluding tert-OH is 1. The fourth-order valence-corrected chi connectivity index (χ4v) is 3.05. The average Bonchev–Trinajstić information content (AvgIpc) is 3.04. The van der Waals surface area contributed by atoms with Gasteiger partial charge in [0.05, 0.1) is 6.61 Å². The Morgan fingerprint density at radius 3 is 2.91 bits per heavy atom. The quantitative estimate of drug-likeness (QED) is 0.623. The summed E-state index contributed by atoms with van der Waals surface area (Å²) >= 11 is 0. The molecule has 3 atom stereocenters. The van der Waals surface area contributed by atoms with E-state index in [1.807, 2.05) is 0 Å². The largest absolute Gasteiger partial charge is 0.469 e. The maximum absolute atomic E-state index is 12.3. The van der Waals surface area contributed by atoms with Crippen LogP contribution in [0.2, 0.25) is 0 Å². The Hall–Kier alpha value is -1.55. The summed E-state index contributed by atoms with van der Waals surface area (Å²) in [6.07, 6.45) is 1.74. The van der Waals surface area contributed by atoms with E-state index in [0.717, 1.165) is 0 Å². The highest BCUT2D eigenvalue weighted by atomic mass is 31.2. The maximum atomic E-state index is 12.3. The molecule has 2 aromatic rings. The molecule has 11 heteroatoms. The molecular weight excluding hydrogens is 317 g/mol. The van der Waals surface area contributed by atoms with Crippen LogP contribution in [-0.4, -0.2) is 47.7 Å². The van der Waals surface area contributed by atoms with Crippen molar-refractivity contribution in [3.63, 3.8) is 0 Å². The Labute approximate surface area is 123 Å². The molecule has 2 aromatic heterocycles. The lowest BCUT2D eigenvalue weighted by atomic mass is 10.2. The van der Waals surface area contributed by atoms with E-state index < -0.39 is 38.6 Å². The SMILES string of the molecule is O=c1n([C@H]2C[C@H](OP(=O)(O)O)[C@@H](CO)O2)ccc2nccn12. The number of aliphatic hydroxyl groups is 1. The molecule has 1 saturated heterocycles. The number of nitrogens with zero attached hydrogens (tertiary/aromatic N) is 3. The van der Waals surface area contributed by atoms with Crippen molar-refractivity contribution in [3.8, 4) is 0 Å². The van der Waals surface area contributed by atoms with Crippen LogP contribution in [0.25, 0.3) is 5.65 Å². The van der Waals surface area contributed by atoms with Gasteiger partial charge < -0.3 is 19.6 Å². The van der Waals surface area contributed by atoms with Gasteiger partial charge in [-0.3, -0.25) is 13.5 Å². The van der Waals surface area contributed by atoms with Crippen LogP contribution in [-0.2, 0) is 13.8 Å². The maximum Gasteiger partial charge on any atom is 0.469 e. The van der Waals surface area contributed by atoms with E-state index in [4.69, 9.17) is 14.5 Å². The fraction of sp³-hybridized carbons (Fsp3) is 0.455. The highest BCUT2D eigenvalue weighted by molar-refractivity contribution is 7.46. The van der Waals surface area contributed by atoms with Gasteiger partial charge in [-0.2, -0.15) is 0 Å². The van der Waals surface area contributed by atoms with Gasteiger partial charge in [0.2, 0.25) is 0 Å². The predicted molar refractivity (Wildman–Crippen MR) is 72.0 cm³/mol. The highest BCUT2D eigenvalue weighted by Gasteiger charge is 2.40. The lowest BCUT2D eigenvalue weighted by Gasteiger charge is -2.16. The number of rotatable bonds is 4. The van der Waals surface area contributed by atoms with Gasteiger partial charge >= 0.3 is 13.5 Å². The van der Waals surface area contributed by atoms with Crippen LogP contribution < -0.4 is 5.69 Å². The van der Waals surface area contributed by atoms with E-state index in [1.165, 1.54) is 27.6 Å². The lowest BCUT2D eigenvalue weighted by molar-refractivity contribution is -0.0453. The number of hydrogen-bond acceptors (Lipinski definition) is 6. The second-order valence-electron chi connectivity index (χ2n) is 4.84. The zero-order chi connectivity index (χ0) is 15.9. The van der Waals surface area contributed by atoms with Crippen molar-refractivity contribution >= 4 is 13.5 Å². The van der Waals surface area contributed by atoms with Gasteiger partial charge in [-0.05, 0) is 6.07 Å². The Morgan fingerprint density at radius 2 is 2.23 bits per heavy atom. The summed E-state index contributed by atoms with van der Waals surface area (Å²) in [6, 6.07) is 1.61. The molecule has 1 aliphatic rings. The van der Waals surface area contributed by atoms with Crippen molar-refractivity contribution in [2.24, 2.45) is 0 Å². The Morgan fingerprint density at radius 1 is 1.45 bits per heavy atom. The lowest BCUT2D eigenvalue weighted by Crippen LogP contribution is -2.29. The van der Waals surface area contributed by atoms with Crippen LogP contribution in [0, 0.1) is 0 Å². The minimum Gasteiger partial charge on any atom is -0.394 e. The van der Waals surface area contributed by atoms with Crippen molar-refractivity contribution in [2.45, 2.75) is 24.9 Å². The van der Waals surface area contributed by atoms with E-state index in [9.17, 15) is 14.5 Å². The molecule has 0 radical (unpaired) electrons. The summed E-state index contributed by atoms with van der Waals surface area (Å²) in [5.74, 6) is 0. The second kappa shape index (κ2) is 5.58. The minimum atomic E-state index is -4.72. The van der Waals surface area contributed by atoms with E-state index >= 15 is 0 Å². The van der Waals surface area contributed by atoms with Crippen LogP contribution in [0.5, 0.6) is 0 Å². The van der Waals surface area contributed by atoms with Crippen LogP contribution in [0.15, 0.2) is 29.5 Å². The van der Waals surface area contributed by atoms with Crippen molar-refractivity contribution in [1.82, 2.24) is 14.0 Å². The third-order valence-electron chi connectivity index (χ3n) is 3.42. The third kappa shape index (κ3) is 2.84. The number of hydrogen-bond donors (Lipinski definition) is 3. The Kier molecular flexibility index (Phi) is 3.89. The molecule has 1 aliphatic heterocycles. The molecule has 1 fully saturated rings. The van der Waals surface area contributed by atoms with Gasteiger partial charge in [-0.25, -0.2) is 14.3 Å². The van der Waals surface area contributed by atoms with E-state index in [1.54, 1.807) is 6.07 Å². The summed E-state index contributed by atoms with van der Waals surface area (Å²) < 4.78 is 23.6. The minimum absolute atomic E-state index is 0.0243. The zero-order valence-electron chi connectivity index (χ0n) is 11.2. The molecule has 0 aliphatic carbocycles. The highest BCUT2D eigenvalue weighted by Crippen LogP contribution is 2.43. The number of phosphoric acid groups is 1. The van der Waals surface area contributed by atoms with Crippen LogP contribution in [0.4, 0.5) is 0 Å². The van der Waals surface area contributed by atoms with Crippen molar-refractivity contribution in [1.29, 1.82) is 0 Å². The number of phosphoric ester groups is 1. The molecule has 3 N–H and O–H groups in total. The first-order valence-corrected chi connectivity index (χ1v) is 7.96. The van der Waals surface area contributed by atoms with Gasteiger partial charge in [0.25, 0.3) is 0 Å². The molecule has 0 aromatic carbocycles. The average molecular weight is 331 g/mol. The predicted octanol–water partition coefficient (Wildman–Crippen LogP) is -0.746. The van der Waals surface area contributed by atoms with Crippen molar-refractivity contribution in [3.05, 3.63) is 35.1 Å². The molecule has 0 unspecified atom stereocenters. The normalized spacial score (nSPS) is 25.9. The van der Waals surface area contributed by atoms with Gasteiger partial charge in [-0.1, -0.05) is 0 Å². The van der Waals surface area contributed by atoms with Gasteiger partial charge in [-0.15, -0.1) is 0 Å². The molecule has 3 rings (SSSR count). The molecular formula is C11H14N3O7P. The van der Waals surface area contributed by atoms with Crippen LogP contribution in [0.1, 0.15) is 12.6 Å². The summed E-state index contributed by atoms with van der Waals surface area (Å²) in [5, 5.41) is 9.25. The van der Waals surface area contributed by atoms with Crippen LogP contribution in [0.3, 0.4) is 0 Å². The van der Waals surface area contributed by atoms with Gasteiger partial charge in [0.1, 0.15) is 24.1 Å². The molecule has 22 heavy (non-hydrogen) atoms. The number of ether oxygens (including phenoxy) is 1. The molecule has 0 amide bonds. The molecule has 0 saturated carbocycles. The third-order valence-corrected chi connectivity index (χ3v) is 3.97. The topological polar surface area (TPSA) is 136 Å². The summed E-state index contributed by atoms with van der Waals surface area (Å²) in [4.78, 5) is 34.1. The van der Waals surface area contributed by atoms with Crippen LogP contribution >= 0.6 is 7.82 Å². The summed E-state index contributed by atoms with van der Waals surface area (Å²) in [5.41, 5.74) is 0.0643. The molecule has 0 bridgehead atoms. The Balaban J connectivity index is 1.90. The molecule has 120 valence electrons. The monoisotopic (exact) mass is 331 g/mol. The van der Waals surface area contributed by atoms with E-state index in [0.29, 0.717) is 5.65 Å². The number of imidazole rings is 1. The smallest absolute Gasteiger partial charge is 0.394 e. The van der Waals surface area contributed by atoms with Crippen molar-refractivity contribution < 1.29 is 28.7 Å². The first-order chi connectivity index (χ1) is 10.4. The summed E-state index contributed by atoms with van der Waals surface area (Å²) in [7, 11) is -4.72. The molecule has 10 nitrogen and oxygen atoms in total. The first-order valence-electron chi connectivity index (χ1n) is 6.43. The Bertz CT molecular complexity index is 781. The molecule has 0 spiro atoms. The molecule has 3 heterocycles. The van der Waals surface area contributed by atoms with E-state index in [2.05, 4.69) is 9.51 Å². The second-order valence-corrected chi connectivity index (χ2v) is 6.03. The van der Waals surface area contributed by atoms with Gasteiger partial charge in [0, 0.05) is 25.0 Å². The number of aromatic nitrogens is 3.